The van der Waals surface area contributed by atoms with E-state index in [0.717, 1.165) is 31.6 Å². The van der Waals surface area contributed by atoms with Crippen molar-refractivity contribution in [1.29, 1.82) is 0 Å². The third-order valence-corrected chi connectivity index (χ3v) is 7.79. The van der Waals surface area contributed by atoms with E-state index >= 15 is 0 Å². The fourth-order valence-corrected chi connectivity index (χ4v) is 5.27. The molecule has 1 atom stereocenters. The number of hydrogen-bond donors (Lipinski definition) is 0. The first-order chi connectivity index (χ1) is 11.8. The Balaban J connectivity index is 1.53. The first kappa shape index (κ1) is 18.8. The molecule has 0 saturated carbocycles. The molecule has 25 heavy (non-hydrogen) atoms. The van der Waals surface area contributed by atoms with Gasteiger partial charge in [0.15, 0.2) is 0 Å². The summed E-state index contributed by atoms with van der Waals surface area (Å²) >= 11 is 0. The Morgan fingerprint density at radius 1 is 1.32 bits per heavy atom. The molecule has 7 heteroatoms. The van der Waals surface area contributed by atoms with Crippen molar-refractivity contribution in [1.82, 2.24) is 14.2 Å². The molecule has 2 fully saturated rings. The third kappa shape index (κ3) is 3.89. The highest BCUT2D eigenvalue weighted by atomic mass is 32.2. The van der Waals surface area contributed by atoms with Crippen molar-refractivity contribution in [2.45, 2.75) is 44.1 Å². The zero-order chi connectivity index (χ0) is 18.1. The van der Waals surface area contributed by atoms with Crippen LogP contribution in [0.3, 0.4) is 0 Å². The van der Waals surface area contributed by atoms with Crippen molar-refractivity contribution in [3.8, 4) is 0 Å². The predicted octanol–water partition coefficient (Wildman–Crippen LogP) is 1.73. The maximum absolute atomic E-state index is 12.3. The van der Waals surface area contributed by atoms with Crippen molar-refractivity contribution in [3.63, 3.8) is 0 Å². The van der Waals surface area contributed by atoms with Crippen LogP contribution >= 0.6 is 0 Å². The van der Waals surface area contributed by atoms with Gasteiger partial charge in [-0.15, -0.1) is 0 Å². The summed E-state index contributed by atoms with van der Waals surface area (Å²) in [6, 6.07) is 3.94. The number of pyridine rings is 1. The van der Waals surface area contributed by atoms with Crippen LogP contribution in [0.4, 0.5) is 0 Å². The maximum Gasteiger partial charge on any atom is 0.216 e. The van der Waals surface area contributed by atoms with Gasteiger partial charge >= 0.3 is 0 Å². The van der Waals surface area contributed by atoms with E-state index in [9.17, 15) is 8.42 Å². The molecule has 2 saturated heterocycles. The smallest absolute Gasteiger partial charge is 0.216 e. The van der Waals surface area contributed by atoms with Gasteiger partial charge in [0.1, 0.15) is 0 Å². The van der Waals surface area contributed by atoms with Crippen molar-refractivity contribution >= 4 is 10.0 Å². The summed E-state index contributed by atoms with van der Waals surface area (Å²) in [6.45, 7) is 7.07. The number of likely N-dealkylation sites (tertiary alicyclic amines) is 1. The molecule has 3 heterocycles. The molecule has 1 aromatic rings. The zero-order valence-corrected chi connectivity index (χ0v) is 16.2. The Kier molecular flexibility index (Phi) is 5.48. The lowest BCUT2D eigenvalue weighted by Gasteiger charge is -2.58. The first-order valence-corrected chi connectivity index (χ1v) is 10.5. The van der Waals surface area contributed by atoms with Crippen LogP contribution < -0.4 is 0 Å². The normalized spacial score (nSPS) is 24.6. The average molecular weight is 368 g/mol. The van der Waals surface area contributed by atoms with E-state index in [-0.39, 0.29) is 10.8 Å². The van der Waals surface area contributed by atoms with Crippen LogP contribution in [0.2, 0.25) is 0 Å². The number of nitrogens with zero attached hydrogens (tertiary/aromatic N) is 3. The second kappa shape index (κ2) is 7.31. The Bertz CT molecular complexity index is 672. The van der Waals surface area contributed by atoms with Gasteiger partial charge in [-0.1, -0.05) is 0 Å². The Morgan fingerprint density at radius 3 is 2.64 bits per heavy atom. The van der Waals surface area contributed by atoms with E-state index in [1.807, 2.05) is 12.1 Å². The van der Waals surface area contributed by atoms with Crippen LogP contribution in [-0.4, -0.2) is 66.7 Å². The van der Waals surface area contributed by atoms with Crippen molar-refractivity contribution in [3.05, 3.63) is 30.1 Å². The molecule has 6 nitrogen and oxygen atoms in total. The molecule has 0 bridgehead atoms. The van der Waals surface area contributed by atoms with Gasteiger partial charge < -0.3 is 4.74 Å². The Hall–Kier alpha value is -1.02. The highest BCUT2D eigenvalue weighted by Gasteiger charge is 2.53. The fourth-order valence-electron chi connectivity index (χ4n) is 3.83. The summed E-state index contributed by atoms with van der Waals surface area (Å²) < 4.78 is 32.2. The molecule has 0 radical (unpaired) electrons. The summed E-state index contributed by atoms with van der Waals surface area (Å²) in [4.78, 5) is 6.36. The van der Waals surface area contributed by atoms with Gasteiger partial charge in [0.2, 0.25) is 10.0 Å². The topological polar surface area (TPSA) is 62.7 Å². The summed E-state index contributed by atoms with van der Waals surface area (Å²) in [6.07, 6.45) is 5.66. The molecule has 0 unspecified atom stereocenters. The van der Waals surface area contributed by atoms with E-state index < -0.39 is 10.0 Å². The molecule has 1 aromatic heterocycles. The summed E-state index contributed by atoms with van der Waals surface area (Å²) in [5.41, 5.74) is 1.13. The van der Waals surface area contributed by atoms with Gasteiger partial charge in [-0.05, 0) is 63.9 Å². The average Bonchev–Trinajstić information content (AvgIpc) is 2.55. The molecule has 0 amide bonds. The highest BCUT2D eigenvalue weighted by Crippen LogP contribution is 2.40. The van der Waals surface area contributed by atoms with Crippen LogP contribution in [0.25, 0.3) is 0 Å². The maximum atomic E-state index is 12.3. The minimum absolute atomic E-state index is 0.00902. The molecular formula is C18H29N3O3S. The molecule has 140 valence electrons. The molecule has 1 spiro atoms. The standard InChI is InChI=1S/C18H29N3O3S/c1-15(2)25(22,23)21-13-18(14-21)10-17(6-9-20(18)3)12-24-11-16-4-7-19-8-5-16/h4-5,7-8,15,17H,6,9-14H2,1-3H3/t17-/m1/s1. The number of ether oxygens (including phenoxy) is 1. The molecule has 2 aliphatic heterocycles. The van der Waals surface area contributed by atoms with Gasteiger partial charge in [0, 0.05) is 37.6 Å². The number of piperidine rings is 1. The second-order valence-corrected chi connectivity index (χ2v) is 10.2. The molecule has 0 aliphatic carbocycles. The van der Waals surface area contributed by atoms with E-state index in [2.05, 4.69) is 16.9 Å². The SMILES string of the molecule is CC(C)S(=O)(=O)N1CC2(C[C@H](COCc3ccncc3)CCN2C)C1. The molecule has 0 aromatic carbocycles. The quantitative estimate of drug-likeness (QED) is 0.766. The zero-order valence-electron chi connectivity index (χ0n) is 15.4. The Morgan fingerprint density at radius 2 is 2.00 bits per heavy atom. The summed E-state index contributed by atoms with van der Waals surface area (Å²) in [5.74, 6) is 0.488. The lowest BCUT2D eigenvalue weighted by atomic mass is 9.77. The van der Waals surface area contributed by atoms with Crippen LogP contribution in [0.1, 0.15) is 32.3 Å². The highest BCUT2D eigenvalue weighted by molar-refractivity contribution is 7.89. The van der Waals surface area contributed by atoms with Crippen LogP contribution in [-0.2, 0) is 21.4 Å². The molecule has 2 aliphatic rings. The molecule has 0 N–H and O–H groups in total. The van der Waals surface area contributed by atoms with Crippen LogP contribution in [0.5, 0.6) is 0 Å². The van der Waals surface area contributed by atoms with Crippen LogP contribution in [0.15, 0.2) is 24.5 Å². The monoisotopic (exact) mass is 367 g/mol. The Labute approximate surface area is 151 Å². The van der Waals surface area contributed by atoms with Gasteiger partial charge in [-0.3, -0.25) is 9.88 Å². The van der Waals surface area contributed by atoms with Crippen molar-refractivity contribution in [2.24, 2.45) is 5.92 Å². The van der Waals surface area contributed by atoms with Gasteiger partial charge in [0.05, 0.1) is 11.9 Å². The first-order valence-electron chi connectivity index (χ1n) is 9.00. The second-order valence-electron chi connectivity index (χ2n) is 7.74. The van der Waals surface area contributed by atoms with E-state index in [0.29, 0.717) is 25.6 Å². The van der Waals surface area contributed by atoms with Crippen LogP contribution in [0, 0.1) is 5.92 Å². The minimum Gasteiger partial charge on any atom is -0.376 e. The summed E-state index contributed by atoms with van der Waals surface area (Å²) in [5, 5.41) is -0.349. The lowest BCUT2D eigenvalue weighted by molar-refractivity contribution is -0.0602. The lowest BCUT2D eigenvalue weighted by Crippen LogP contribution is -2.73. The number of hydrogen-bond acceptors (Lipinski definition) is 5. The van der Waals surface area contributed by atoms with Crippen molar-refractivity contribution < 1.29 is 13.2 Å². The van der Waals surface area contributed by atoms with Crippen molar-refractivity contribution in [2.75, 3.05) is 33.3 Å². The van der Waals surface area contributed by atoms with E-state index in [1.165, 1.54) is 0 Å². The number of likely N-dealkylation sites (N-methyl/N-ethyl adjacent to an activating group) is 1. The van der Waals surface area contributed by atoms with Gasteiger partial charge in [-0.25, -0.2) is 8.42 Å². The predicted molar refractivity (Wildman–Crippen MR) is 97.6 cm³/mol. The minimum atomic E-state index is -3.14. The fraction of sp³-hybridized carbons (Fsp3) is 0.722. The van der Waals surface area contributed by atoms with Gasteiger partial charge in [0.25, 0.3) is 0 Å². The number of sulfonamides is 1. The summed E-state index contributed by atoms with van der Waals surface area (Å²) in [7, 11) is -1.02. The molecule has 3 rings (SSSR count). The van der Waals surface area contributed by atoms with Gasteiger partial charge in [-0.2, -0.15) is 4.31 Å². The molecular weight excluding hydrogens is 338 g/mol. The van der Waals surface area contributed by atoms with E-state index in [4.69, 9.17) is 4.74 Å². The van der Waals surface area contributed by atoms with E-state index in [1.54, 1.807) is 30.5 Å². The number of rotatable bonds is 6. The third-order valence-electron chi connectivity index (χ3n) is 5.62. The number of aromatic nitrogens is 1. The largest absolute Gasteiger partial charge is 0.376 e.